The molecule has 0 atom stereocenters. The first-order valence-electron chi connectivity index (χ1n) is 3.04. The monoisotopic (exact) mass is 134 g/mol. The second-order valence-electron chi connectivity index (χ2n) is 1.92. The van der Waals surface area contributed by atoms with E-state index in [-0.39, 0.29) is 0 Å². The highest BCUT2D eigenvalue weighted by molar-refractivity contribution is 5.13. The molecule has 1 aromatic rings. The molecule has 0 aromatic heterocycles. The van der Waals surface area contributed by atoms with Crippen molar-refractivity contribution in [1.82, 2.24) is 11.0 Å². The van der Waals surface area contributed by atoms with Crippen LogP contribution < -0.4 is 11.0 Å². The third kappa shape index (κ3) is 1.85. The summed E-state index contributed by atoms with van der Waals surface area (Å²) in [4.78, 5) is 0. The van der Waals surface area contributed by atoms with Crippen LogP contribution in [0.1, 0.15) is 5.56 Å². The summed E-state index contributed by atoms with van der Waals surface area (Å²) in [6, 6.07) is 9.73. The van der Waals surface area contributed by atoms with Gasteiger partial charge in [-0.3, -0.25) is 5.43 Å². The SMILES string of the molecule is [N]=NNCc1ccccc1. The Hall–Kier alpha value is -1.38. The first-order valence-corrected chi connectivity index (χ1v) is 3.04. The summed E-state index contributed by atoms with van der Waals surface area (Å²) in [6.07, 6.45) is 0. The van der Waals surface area contributed by atoms with Crippen molar-refractivity contribution in [2.75, 3.05) is 0 Å². The maximum atomic E-state index is 8.04. The lowest BCUT2D eigenvalue weighted by Crippen LogP contribution is -2.03. The number of benzene rings is 1. The highest BCUT2D eigenvalue weighted by atomic mass is 15.4. The van der Waals surface area contributed by atoms with Crippen molar-refractivity contribution in [3.8, 4) is 0 Å². The lowest BCUT2D eigenvalue weighted by molar-refractivity contribution is 0.702. The van der Waals surface area contributed by atoms with Crippen molar-refractivity contribution in [3.05, 3.63) is 35.9 Å². The Morgan fingerprint density at radius 2 is 2.00 bits per heavy atom. The number of nitrogens with one attached hydrogen (secondary N) is 1. The van der Waals surface area contributed by atoms with Crippen LogP contribution in [0, 0.1) is 0 Å². The molecule has 1 rings (SSSR count). The second-order valence-corrected chi connectivity index (χ2v) is 1.92. The predicted octanol–water partition coefficient (Wildman–Crippen LogP) is 0.943. The molecule has 0 saturated heterocycles. The van der Waals surface area contributed by atoms with E-state index in [2.05, 4.69) is 10.6 Å². The second kappa shape index (κ2) is 3.61. The summed E-state index contributed by atoms with van der Waals surface area (Å²) in [6.45, 7) is 0.567. The quantitative estimate of drug-likeness (QED) is 0.485. The van der Waals surface area contributed by atoms with Crippen LogP contribution in [0.5, 0.6) is 0 Å². The normalized spacial score (nSPS) is 8.80. The number of hydrogen-bond acceptors (Lipinski definition) is 1. The molecule has 0 saturated carbocycles. The van der Waals surface area contributed by atoms with Crippen molar-refractivity contribution < 1.29 is 0 Å². The summed E-state index contributed by atoms with van der Waals surface area (Å²) >= 11 is 0. The molecule has 0 aliphatic carbocycles. The van der Waals surface area contributed by atoms with Gasteiger partial charge in [0.05, 0.1) is 6.54 Å². The van der Waals surface area contributed by atoms with Gasteiger partial charge in [0, 0.05) is 0 Å². The van der Waals surface area contributed by atoms with E-state index in [1.54, 1.807) is 0 Å². The molecule has 3 nitrogen and oxygen atoms in total. The average molecular weight is 134 g/mol. The zero-order chi connectivity index (χ0) is 7.23. The van der Waals surface area contributed by atoms with Crippen LogP contribution in [0.3, 0.4) is 0 Å². The Kier molecular flexibility index (Phi) is 2.43. The molecule has 0 heterocycles. The van der Waals surface area contributed by atoms with E-state index in [9.17, 15) is 0 Å². The lowest BCUT2D eigenvalue weighted by atomic mass is 10.2. The standard InChI is InChI=1S/C7H8N3/c8-10-9-6-7-4-2-1-3-5-7/h1-5,9H,6H2. The first-order chi connectivity index (χ1) is 4.93. The minimum atomic E-state index is 0.567. The van der Waals surface area contributed by atoms with Crippen LogP contribution in [0.15, 0.2) is 35.6 Å². The molecule has 0 spiro atoms. The molecule has 1 radical (unpaired) electrons. The van der Waals surface area contributed by atoms with Crippen molar-refractivity contribution in [1.29, 1.82) is 0 Å². The van der Waals surface area contributed by atoms with E-state index in [1.807, 2.05) is 30.3 Å². The fourth-order valence-electron chi connectivity index (χ4n) is 0.723. The molecule has 0 aliphatic rings. The third-order valence-corrected chi connectivity index (χ3v) is 1.20. The molecule has 1 aromatic carbocycles. The molecule has 3 heteroatoms. The lowest BCUT2D eigenvalue weighted by Gasteiger charge is -1.95. The molecule has 0 aliphatic heterocycles. The molecule has 0 bridgehead atoms. The summed E-state index contributed by atoms with van der Waals surface area (Å²) in [5.74, 6) is 0. The van der Waals surface area contributed by atoms with Crippen molar-refractivity contribution >= 4 is 0 Å². The number of rotatable bonds is 3. The summed E-state index contributed by atoms with van der Waals surface area (Å²) in [5, 5.41) is 2.78. The van der Waals surface area contributed by atoms with Gasteiger partial charge in [0.1, 0.15) is 0 Å². The zero-order valence-electron chi connectivity index (χ0n) is 5.49. The molecule has 1 N–H and O–H groups in total. The molecule has 51 valence electrons. The highest BCUT2D eigenvalue weighted by Gasteiger charge is 1.85. The van der Waals surface area contributed by atoms with Crippen LogP contribution in [0.25, 0.3) is 0 Å². The molecular weight excluding hydrogens is 126 g/mol. The van der Waals surface area contributed by atoms with E-state index in [0.717, 1.165) is 5.56 Å². The molecule has 0 amide bonds. The molecule has 0 fully saturated rings. The van der Waals surface area contributed by atoms with E-state index < -0.39 is 0 Å². The van der Waals surface area contributed by atoms with Crippen molar-refractivity contribution in [3.63, 3.8) is 0 Å². The van der Waals surface area contributed by atoms with Gasteiger partial charge < -0.3 is 0 Å². The Balaban J connectivity index is 2.50. The van der Waals surface area contributed by atoms with Gasteiger partial charge in [0.2, 0.25) is 0 Å². The highest BCUT2D eigenvalue weighted by Crippen LogP contribution is 1.96. The molecular formula is C7H8N3. The number of hydrogen-bond donors (Lipinski definition) is 1. The van der Waals surface area contributed by atoms with Gasteiger partial charge in [-0.15, -0.1) is 0 Å². The summed E-state index contributed by atoms with van der Waals surface area (Å²) in [7, 11) is 0. The van der Waals surface area contributed by atoms with Crippen molar-refractivity contribution in [2.24, 2.45) is 5.22 Å². The fraction of sp³-hybridized carbons (Fsp3) is 0.143. The Morgan fingerprint density at radius 3 is 2.60 bits per heavy atom. The predicted molar refractivity (Wildman–Crippen MR) is 37.8 cm³/mol. The first kappa shape index (κ1) is 6.74. The fourth-order valence-corrected chi connectivity index (χ4v) is 0.723. The van der Waals surface area contributed by atoms with Crippen LogP contribution >= 0.6 is 0 Å². The van der Waals surface area contributed by atoms with Crippen LogP contribution in [-0.2, 0) is 6.54 Å². The van der Waals surface area contributed by atoms with Gasteiger partial charge in [0.25, 0.3) is 0 Å². The van der Waals surface area contributed by atoms with Gasteiger partial charge in [-0.25, -0.2) is 0 Å². The number of nitrogens with zero attached hydrogens (tertiary/aromatic N) is 2. The minimum absolute atomic E-state index is 0.567. The van der Waals surface area contributed by atoms with E-state index in [1.165, 1.54) is 0 Å². The molecule has 10 heavy (non-hydrogen) atoms. The van der Waals surface area contributed by atoms with Gasteiger partial charge in [-0.05, 0) is 11.1 Å². The van der Waals surface area contributed by atoms with Gasteiger partial charge in [0.15, 0.2) is 0 Å². The van der Waals surface area contributed by atoms with E-state index >= 15 is 0 Å². The van der Waals surface area contributed by atoms with Crippen LogP contribution in [-0.4, -0.2) is 0 Å². The third-order valence-electron chi connectivity index (χ3n) is 1.20. The summed E-state index contributed by atoms with van der Waals surface area (Å²) < 4.78 is 0. The minimum Gasteiger partial charge on any atom is -0.286 e. The zero-order valence-corrected chi connectivity index (χ0v) is 5.49. The summed E-state index contributed by atoms with van der Waals surface area (Å²) in [5.41, 5.74) is 11.6. The maximum Gasteiger partial charge on any atom is 0.0597 e. The van der Waals surface area contributed by atoms with E-state index in [0.29, 0.717) is 6.54 Å². The van der Waals surface area contributed by atoms with Gasteiger partial charge in [-0.1, -0.05) is 35.6 Å². The smallest absolute Gasteiger partial charge is 0.0597 e. The maximum absolute atomic E-state index is 8.04. The van der Waals surface area contributed by atoms with Gasteiger partial charge >= 0.3 is 0 Å². The van der Waals surface area contributed by atoms with Gasteiger partial charge in [-0.2, -0.15) is 0 Å². The van der Waals surface area contributed by atoms with Crippen molar-refractivity contribution in [2.45, 2.75) is 6.54 Å². The Bertz CT molecular complexity index is 195. The van der Waals surface area contributed by atoms with Crippen LogP contribution in [0.4, 0.5) is 0 Å². The topological polar surface area (TPSA) is 46.7 Å². The Morgan fingerprint density at radius 1 is 1.30 bits per heavy atom. The molecule has 0 unspecified atom stereocenters. The average Bonchev–Trinajstić information content (AvgIpc) is 2.03. The van der Waals surface area contributed by atoms with Crippen LogP contribution in [0.2, 0.25) is 0 Å². The van der Waals surface area contributed by atoms with E-state index in [4.69, 9.17) is 5.53 Å². The largest absolute Gasteiger partial charge is 0.286 e. The Labute approximate surface area is 59.6 Å².